The first-order valence-electron chi connectivity index (χ1n) is 4.30. The fourth-order valence-electron chi connectivity index (χ4n) is 0.998. The van der Waals surface area contributed by atoms with E-state index in [1.165, 1.54) is 0 Å². The van der Waals surface area contributed by atoms with Crippen molar-refractivity contribution in [2.24, 2.45) is 5.73 Å². The normalized spacial score (nSPS) is 9.07. The molecule has 0 bridgehead atoms. The second kappa shape index (κ2) is 5.54. The van der Waals surface area contributed by atoms with E-state index < -0.39 is 0 Å². The second-order valence-electron chi connectivity index (χ2n) is 2.69. The molecule has 0 aliphatic rings. The SMILES string of the molecule is COc1cc(Cl)ccc1C#CCCN. The number of halogens is 1. The zero-order valence-corrected chi connectivity index (χ0v) is 8.77. The van der Waals surface area contributed by atoms with E-state index in [-0.39, 0.29) is 0 Å². The Morgan fingerprint density at radius 2 is 2.29 bits per heavy atom. The van der Waals surface area contributed by atoms with Gasteiger partial charge in [-0.15, -0.1) is 0 Å². The molecule has 0 fully saturated rings. The van der Waals surface area contributed by atoms with Crippen molar-refractivity contribution in [1.82, 2.24) is 0 Å². The lowest BCUT2D eigenvalue weighted by Gasteiger charge is -2.02. The molecule has 0 saturated carbocycles. The molecule has 0 atom stereocenters. The van der Waals surface area contributed by atoms with E-state index in [1.54, 1.807) is 19.2 Å². The quantitative estimate of drug-likeness (QED) is 0.757. The standard InChI is InChI=1S/C11H12ClNO/c1-14-11-8-10(12)6-5-9(11)4-2-3-7-13/h5-6,8H,3,7,13H2,1H3. The number of benzene rings is 1. The average molecular weight is 210 g/mol. The van der Waals surface area contributed by atoms with Gasteiger partial charge in [0.15, 0.2) is 0 Å². The summed E-state index contributed by atoms with van der Waals surface area (Å²) in [6.07, 6.45) is 0.686. The van der Waals surface area contributed by atoms with Crippen LogP contribution in [-0.2, 0) is 0 Å². The number of hydrogen-bond donors (Lipinski definition) is 1. The van der Waals surface area contributed by atoms with E-state index >= 15 is 0 Å². The fourth-order valence-corrected chi connectivity index (χ4v) is 1.16. The molecule has 0 spiro atoms. The highest BCUT2D eigenvalue weighted by molar-refractivity contribution is 6.30. The summed E-state index contributed by atoms with van der Waals surface area (Å²) < 4.78 is 5.14. The molecular weight excluding hydrogens is 198 g/mol. The highest BCUT2D eigenvalue weighted by atomic mass is 35.5. The Labute approximate surface area is 89.0 Å². The molecule has 1 rings (SSSR count). The molecule has 0 aliphatic heterocycles. The molecule has 3 heteroatoms. The van der Waals surface area contributed by atoms with Gasteiger partial charge in [0.2, 0.25) is 0 Å². The van der Waals surface area contributed by atoms with Crippen LogP contribution in [-0.4, -0.2) is 13.7 Å². The summed E-state index contributed by atoms with van der Waals surface area (Å²) in [7, 11) is 1.60. The van der Waals surface area contributed by atoms with Gasteiger partial charge in [-0.05, 0) is 12.1 Å². The van der Waals surface area contributed by atoms with Crippen LogP contribution in [0.2, 0.25) is 5.02 Å². The largest absolute Gasteiger partial charge is 0.495 e. The topological polar surface area (TPSA) is 35.2 Å². The molecule has 14 heavy (non-hydrogen) atoms. The molecule has 0 amide bonds. The van der Waals surface area contributed by atoms with E-state index in [2.05, 4.69) is 11.8 Å². The monoisotopic (exact) mass is 209 g/mol. The minimum Gasteiger partial charge on any atom is -0.495 e. The molecule has 1 aromatic carbocycles. The molecular formula is C11H12ClNO. The minimum atomic E-state index is 0.572. The third kappa shape index (κ3) is 2.95. The predicted octanol–water partition coefficient (Wildman–Crippen LogP) is 2.05. The first kappa shape index (κ1) is 10.9. The van der Waals surface area contributed by atoms with Gasteiger partial charge in [0.05, 0.1) is 12.7 Å². The Kier molecular flexibility index (Phi) is 4.31. The van der Waals surface area contributed by atoms with Crippen molar-refractivity contribution < 1.29 is 4.74 Å². The average Bonchev–Trinajstić information content (AvgIpc) is 2.20. The van der Waals surface area contributed by atoms with Crippen LogP contribution in [0.3, 0.4) is 0 Å². The lowest BCUT2D eigenvalue weighted by Crippen LogP contribution is -1.95. The molecule has 2 N–H and O–H groups in total. The number of methoxy groups -OCH3 is 1. The highest BCUT2D eigenvalue weighted by Gasteiger charge is 1.99. The van der Waals surface area contributed by atoms with Gasteiger partial charge < -0.3 is 10.5 Å². The van der Waals surface area contributed by atoms with Crippen LogP contribution in [0.1, 0.15) is 12.0 Å². The molecule has 0 saturated heterocycles. The van der Waals surface area contributed by atoms with Crippen molar-refractivity contribution >= 4 is 11.6 Å². The summed E-state index contributed by atoms with van der Waals surface area (Å²) >= 11 is 5.81. The Balaban J connectivity index is 2.92. The summed E-state index contributed by atoms with van der Waals surface area (Å²) in [6.45, 7) is 0.572. The lowest BCUT2D eigenvalue weighted by molar-refractivity contribution is 0.413. The molecule has 0 radical (unpaired) electrons. The zero-order valence-electron chi connectivity index (χ0n) is 8.01. The van der Waals surface area contributed by atoms with E-state index in [1.807, 2.05) is 6.07 Å². The summed E-state index contributed by atoms with van der Waals surface area (Å²) in [4.78, 5) is 0. The maximum atomic E-state index is 5.81. The van der Waals surface area contributed by atoms with Crippen LogP contribution < -0.4 is 10.5 Å². The number of hydrogen-bond acceptors (Lipinski definition) is 2. The number of rotatable bonds is 2. The van der Waals surface area contributed by atoms with Gasteiger partial charge in [0.25, 0.3) is 0 Å². The smallest absolute Gasteiger partial charge is 0.135 e. The Hall–Kier alpha value is -1.17. The lowest BCUT2D eigenvalue weighted by atomic mass is 10.2. The van der Waals surface area contributed by atoms with Crippen molar-refractivity contribution in [3.63, 3.8) is 0 Å². The van der Waals surface area contributed by atoms with Gasteiger partial charge in [-0.25, -0.2) is 0 Å². The third-order valence-electron chi connectivity index (χ3n) is 1.66. The van der Waals surface area contributed by atoms with E-state index in [0.29, 0.717) is 23.7 Å². The third-order valence-corrected chi connectivity index (χ3v) is 1.89. The molecule has 0 aliphatic carbocycles. The van der Waals surface area contributed by atoms with Crippen molar-refractivity contribution in [3.05, 3.63) is 28.8 Å². The van der Waals surface area contributed by atoms with Crippen molar-refractivity contribution in [2.45, 2.75) is 6.42 Å². The van der Waals surface area contributed by atoms with E-state index in [9.17, 15) is 0 Å². The maximum Gasteiger partial charge on any atom is 0.135 e. The zero-order chi connectivity index (χ0) is 10.4. The molecule has 2 nitrogen and oxygen atoms in total. The first-order valence-corrected chi connectivity index (χ1v) is 4.68. The summed E-state index contributed by atoms with van der Waals surface area (Å²) in [5.74, 6) is 6.62. The Morgan fingerprint density at radius 1 is 1.50 bits per heavy atom. The number of ether oxygens (including phenoxy) is 1. The Bertz CT molecular complexity index is 365. The van der Waals surface area contributed by atoms with Crippen LogP contribution in [0.5, 0.6) is 5.75 Å². The van der Waals surface area contributed by atoms with Gasteiger partial charge in [-0.2, -0.15) is 0 Å². The highest BCUT2D eigenvalue weighted by Crippen LogP contribution is 2.21. The van der Waals surface area contributed by atoms with Crippen molar-refractivity contribution in [1.29, 1.82) is 0 Å². The van der Waals surface area contributed by atoms with Crippen molar-refractivity contribution in [2.75, 3.05) is 13.7 Å². The van der Waals surface area contributed by atoms with Gasteiger partial charge in [-0.1, -0.05) is 23.4 Å². The van der Waals surface area contributed by atoms with E-state index in [0.717, 1.165) is 5.56 Å². The van der Waals surface area contributed by atoms with Gasteiger partial charge in [0.1, 0.15) is 5.75 Å². The Morgan fingerprint density at radius 3 is 2.93 bits per heavy atom. The molecule has 0 unspecified atom stereocenters. The van der Waals surface area contributed by atoms with E-state index in [4.69, 9.17) is 22.1 Å². The van der Waals surface area contributed by atoms with Crippen LogP contribution in [0.4, 0.5) is 0 Å². The molecule has 74 valence electrons. The number of nitrogens with two attached hydrogens (primary N) is 1. The first-order chi connectivity index (χ1) is 6.77. The van der Waals surface area contributed by atoms with Gasteiger partial charge in [-0.3, -0.25) is 0 Å². The van der Waals surface area contributed by atoms with Crippen LogP contribution in [0, 0.1) is 11.8 Å². The second-order valence-corrected chi connectivity index (χ2v) is 3.12. The summed E-state index contributed by atoms with van der Waals surface area (Å²) in [5.41, 5.74) is 6.17. The summed E-state index contributed by atoms with van der Waals surface area (Å²) in [5, 5.41) is 0.645. The molecule has 1 aromatic rings. The maximum absolute atomic E-state index is 5.81. The van der Waals surface area contributed by atoms with Crippen LogP contribution >= 0.6 is 11.6 Å². The van der Waals surface area contributed by atoms with Crippen LogP contribution in [0.15, 0.2) is 18.2 Å². The molecule has 0 aromatic heterocycles. The van der Waals surface area contributed by atoms with Crippen LogP contribution in [0.25, 0.3) is 0 Å². The predicted molar refractivity (Wildman–Crippen MR) is 58.6 cm³/mol. The molecule has 0 heterocycles. The van der Waals surface area contributed by atoms with Gasteiger partial charge >= 0.3 is 0 Å². The minimum absolute atomic E-state index is 0.572. The fraction of sp³-hybridized carbons (Fsp3) is 0.273. The van der Waals surface area contributed by atoms with Crippen molar-refractivity contribution in [3.8, 4) is 17.6 Å². The van der Waals surface area contributed by atoms with Gasteiger partial charge in [0, 0.05) is 24.1 Å². The summed E-state index contributed by atoms with van der Waals surface area (Å²) in [6, 6.07) is 5.37.